The quantitative estimate of drug-likeness (QED) is 0.887. The molecule has 1 aliphatic rings. The molecule has 8 heteroatoms. The summed E-state index contributed by atoms with van der Waals surface area (Å²) in [7, 11) is 1.84. The van der Waals surface area contributed by atoms with Crippen LogP contribution >= 0.6 is 0 Å². The van der Waals surface area contributed by atoms with Crippen LogP contribution in [-0.2, 0) is 18.4 Å². The zero-order chi connectivity index (χ0) is 18.0. The Labute approximate surface area is 148 Å². The lowest BCUT2D eigenvalue weighted by Crippen LogP contribution is -2.46. The van der Waals surface area contributed by atoms with Gasteiger partial charge in [0.15, 0.2) is 0 Å². The van der Waals surface area contributed by atoms with Crippen LogP contribution in [0.4, 0.5) is 5.82 Å². The summed E-state index contributed by atoms with van der Waals surface area (Å²) < 4.78 is 3.66. The summed E-state index contributed by atoms with van der Waals surface area (Å²) in [6, 6.07) is 2.19. The lowest BCUT2D eigenvalue weighted by molar-refractivity contribution is -0.118. The van der Waals surface area contributed by atoms with Crippen LogP contribution in [-0.4, -0.2) is 54.5 Å². The van der Waals surface area contributed by atoms with Crippen molar-refractivity contribution in [2.45, 2.75) is 52.6 Å². The van der Waals surface area contributed by atoms with Crippen LogP contribution in [0.2, 0.25) is 0 Å². The Morgan fingerprint density at radius 1 is 1.28 bits per heavy atom. The number of nitrogens with one attached hydrogen (secondary N) is 1. The molecule has 25 heavy (non-hydrogen) atoms. The molecule has 1 aliphatic heterocycles. The lowest BCUT2D eigenvalue weighted by Gasteiger charge is -2.35. The highest BCUT2D eigenvalue weighted by Crippen LogP contribution is 2.19. The van der Waals surface area contributed by atoms with Gasteiger partial charge in [0.1, 0.15) is 17.5 Å². The number of piperidine rings is 1. The molecular weight excluding hydrogens is 318 g/mol. The molecule has 1 atom stereocenters. The first-order chi connectivity index (χ1) is 11.9. The van der Waals surface area contributed by atoms with Gasteiger partial charge in [0.2, 0.25) is 5.91 Å². The third-order valence-corrected chi connectivity index (χ3v) is 4.71. The SMILES string of the molecule is Cc1cc(NC(=O)CN2CCCCC2Cn2nc(C)nc2C)n(C)n1. The summed E-state index contributed by atoms with van der Waals surface area (Å²) in [5.41, 5.74) is 0.894. The number of aromatic nitrogens is 5. The largest absolute Gasteiger partial charge is 0.310 e. The first kappa shape index (κ1) is 17.6. The van der Waals surface area contributed by atoms with Crippen molar-refractivity contribution in [3.05, 3.63) is 23.4 Å². The van der Waals surface area contributed by atoms with Crippen LogP contribution in [0.15, 0.2) is 6.07 Å². The fourth-order valence-electron chi connectivity index (χ4n) is 3.50. The minimum atomic E-state index is 0.00129. The van der Waals surface area contributed by atoms with Crippen LogP contribution in [0.5, 0.6) is 0 Å². The number of amides is 1. The highest BCUT2D eigenvalue weighted by molar-refractivity contribution is 5.91. The van der Waals surface area contributed by atoms with Crippen molar-refractivity contribution in [1.29, 1.82) is 0 Å². The zero-order valence-electron chi connectivity index (χ0n) is 15.5. The number of carbonyl (C=O) groups is 1. The van der Waals surface area contributed by atoms with Gasteiger partial charge in [0.05, 0.1) is 18.8 Å². The number of hydrogen-bond donors (Lipinski definition) is 1. The van der Waals surface area contributed by atoms with Gasteiger partial charge in [-0.3, -0.25) is 14.4 Å². The number of aryl methyl sites for hydroxylation is 4. The highest BCUT2D eigenvalue weighted by Gasteiger charge is 2.25. The monoisotopic (exact) mass is 345 g/mol. The molecule has 2 aromatic rings. The minimum Gasteiger partial charge on any atom is -0.310 e. The maximum atomic E-state index is 12.5. The van der Waals surface area contributed by atoms with E-state index in [1.165, 1.54) is 6.42 Å². The first-order valence-corrected chi connectivity index (χ1v) is 8.85. The third kappa shape index (κ3) is 4.25. The molecule has 1 unspecified atom stereocenters. The van der Waals surface area contributed by atoms with Crippen molar-refractivity contribution >= 4 is 11.7 Å². The van der Waals surface area contributed by atoms with Crippen molar-refractivity contribution in [2.24, 2.45) is 7.05 Å². The average Bonchev–Trinajstić information content (AvgIpc) is 3.02. The Hall–Kier alpha value is -2.22. The van der Waals surface area contributed by atoms with E-state index in [1.807, 2.05) is 38.6 Å². The summed E-state index contributed by atoms with van der Waals surface area (Å²) in [4.78, 5) is 19.1. The number of anilines is 1. The third-order valence-electron chi connectivity index (χ3n) is 4.71. The average molecular weight is 345 g/mol. The van der Waals surface area contributed by atoms with E-state index in [0.29, 0.717) is 12.6 Å². The van der Waals surface area contributed by atoms with E-state index in [-0.39, 0.29) is 5.91 Å². The molecule has 1 amide bonds. The van der Waals surface area contributed by atoms with Gasteiger partial charge in [-0.25, -0.2) is 9.67 Å². The number of carbonyl (C=O) groups excluding carboxylic acids is 1. The van der Waals surface area contributed by atoms with Crippen LogP contribution < -0.4 is 5.32 Å². The molecule has 136 valence electrons. The number of likely N-dealkylation sites (tertiary alicyclic amines) is 1. The molecule has 0 bridgehead atoms. The second-order valence-corrected chi connectivity index (χ2v) is 6.85. The van der Waals surface area contributed by atoms with Crippen LogP contribution in [0.25, 0.3) is 0 Å². The van der Waals surface area contributed by atoms with E-state index in [0.717, 1.165) is 49.1 Å². The molecule has 0 aliphatic carbocycles. The van der Waals surface area contributed by atoms with E-state index < -0.39 is 0 Å². The lowest BCUT2D eigenvalue weighted by atomic mass is 10.0. The predicted molar refractivity (Wildman–Crippen MR) is 95.3 cm³/mol. The summed E-state index contributed by atoms with van der Waals surface area (Å²) in [5.74, 6) is 2.46. The molecule has 1 fully saturated rings. The zero-order valence-corrected chi connectivity index (χ0v) is 15.5. The van der Waals surface area contributed by atoms with Crippen LogP contribution in [0, 0.1) is 20.8 Å². The Kier molecular flexibility index (Phi) is 5.17. The van der Waals surface area contributed by atoms with E-state index >= 15 is 0 Å². The molecule has 3 rings (SSSR count). The molecule has 2 aromatic heterocycles. The smallest absolute Gasteiger partial charge is 0.239 e. The molecule has 0 saturated carbocycles. The van der Waals surface area contributed by atoms with Crippen LogP contribution in [0.3, 0.4) is 0 Å². The van der Waals surface area contributed by atoms with Crippen molar-refractivity contribution in [3.63, 3.8) is 0 Å². The van der Waals surface area contributed by atoms with Gasteiger partial charge < -0.3 is 5.32 Å². The second-order valence-electron chi connectivity index (χ2n) is 6.85. The van der Waals surface area contributed by atoms with Gasteiger partial charge in [-0.1, -0.05) is 6.42 Å². The minimum absolute atomic E-state index is 0.00129. The Morgan fingerprint density at radius 2 is 2.08 bits per heavy atom. The Bertz CT molecular complexity index is 748. The molecule has 1 saturated heterocycles. The fraction of sp³-hybridized carbons (Fsp3) is 0.647. The molecule has 8 nitrogen and oxygen atoms in total. The second kappa shape index (κ2) is 7.35. The molecule has 0 radical (unpaired) electrons. The fourth-order valence-corrected chi connectivity index (χ4v) is 3.50. The molecular formula is C17H27N7O. The number of hydrogen-bond acceptors (Lipinski definition) is 5. The summed E-state index contributed by atoms with van der Waals surface area (Å²) in [6.45, 7) is 7.91. The normalized spacial score (nSPS) is 18.5. The van der Waals surface area contributed by atoms with Gasteiger partial charge in [-0.2, -0.15) is 10.2 Å². The summed E-state index contributed by atoms with van der Waals surface area (Å²) in [5, 5.41) is 11.7. The number of rotatable bonds is 5. The van der Waals surface area contributed by atoms with Crippen molar-refractivity contribution < 1.29 is 4.79 Å². The molecule has 3 heterocycles. The van der Waals surface area contributed by atoms with Crippen molar-refractivity contribution in [1.82, 2.24) is 29.4 Å². The van der Waals surface area contributed by atoms with Gasteiger partial charge >= 0.3 is 0 Å². The van der Waals surface area contributed by atoms with Gasteiger partial charge in [-0.05, 0) is 40.2 Å². The topological polar surface area (TPSA) is 80.9 Å². The first-order valence-electron chi connectivity index (χ1n) is 8.85. The van der Waals surface area contributed by atoms with Gasteiger partial charge in [-0.15, -0.1) is 0 Å². The standard InChI is InChI=1S/C17H27N7O/c1-12-9-16(22(4)20-12)19-17(25)11-23-8-6-5-7-15(23)10-24-14(3)18-13(2)21-24/h9,15H,5-8,10-11H2,1-4H3,(H,19,25). The van der Waals surface area contributed by atoms with E-state index in [4.69, 9.17) is 0 Å². The van der Waals surface area contributed by atoms with Gasteiger partial charge in [0.25, 0.3) is 0 Å². The van der Waals surface area contributed by atoms with Crippen molar-refractivity contribution in [2.75, 3.05) is 18.4 Å². The van der Waals surface area contributed by atoms with E-state index in [9.17, 15) is 4.79 Å². The predicted octanol–water partition coefficient (Wildman–Crippen LogP) is 1.43. The molecule has 1 N–H and O–H groups in total. The molecule has 0 aromatic carbocycles. The van der Waals surface area contributed by atoms with Crippen molar-refractivity contribution in [3.8, 4) is 0 Å². The number of nitrogens with zero attached hydrogens (tertiary/aromatic N) is 6. The maximum absolute atomic E-state index is 12.5. The summed E-state index contributed by atoms with van der Waals surface area (Å²) >= 11 is 0. The molecule has 0 spiro atoms. The van der Waals surface area contributed by atoms with E-state index in [2.05, 4.69) is 25.4 Å². The Morgan fingerprint density at radius 3 is 2.72 bits per heavy atom. The van der Waals surface area contributed by atoms with Crippen LogP contribution in [0.1, 0.15) is 36.6 Å². The van der Waals surface area contributed by atoms with E-state index in [1.54, 1.807) is 4.68 Å². The Balaban J connectivity index is 1.63. The highest BCUT2D eigenvalue weighted by atomic mass is 16.2. The summed E-state index contributed by atoms with van der Waals surface area (Å²) in [6.07, 6.45) is 3.40. The van der Waals surface area contributed by atoms with Gasteiger partial charge in [0, 0.05) is 19.2 Å². The maximum Gasteiger partial charge on any atom is 0.239 e.